The molecule has 0 aliphatic heterocycles. The molecule has 0 aliphatic carbocycles. The lowest BCUT2D eigenvalue weighted by Crippen LogP contribution is -2.37. The van der Waals surface area contributed by atoms with E-state index in [4.69, 9.17) is 4.99 Å². The van der Waals surface area contributed by atoms with Crippen molar-refractivity contribution in [3.8, 4) is 0 Å². The number of hydrogen-bond donors (Lipinski definition) is 0. The maximum atomic E-state index is 4.73. The van der Waals surface area contributed by atoms with Gasteiger partial charge in [-0.15, -0.1) is 0 Å². The first-order chi connectivity index (χ1) is 5.25. The van der Waals surface area contributed by atoms with Crippen molar-refractivity contribution >= 4 is 13.4 Å². The van der Waals surface area contributed by atoms with Crippen LogP contribution in [0.5, 0.6) is 0 Å². The topological polar surface area (TPSA) is 12.4 Å². The monoisotopic (exact) mass is 185 g/mol. The maximum absolute atomic E-state index is 4.73. The summed E-state index contributed by atoms with van der Waals surface area (Å²) in [5.74, 6) is 0.624. The second-order valence-electron chi connectivity index (χ2n) is 5.01. The van der Waals surface area contributed by atoms with Gasteiger partial charge in [-0.1, -0.05) is 33.5 Å². The normalized spacial score (nSPS) is 14.6. The van der Waals surface area contributed by atoms with Crippen LogP contribution in [0.1, 0.15) is 27.7 Å². The summed E-state index contributed by atoms with van der Waals surface area (Å²) in [7, 11) is -1.16. The van der Waals surface area contributed by atoms with Gasteiger partial charge < -0.3 is 0 Å². The Labute approximate surface area is 78.3 Å². The average molecular weight is 185 g/mol. The molecule has 0 amide bonds. The van der Waals surface area contributed by atoms with Gasteiger partial charge in [-0.3, -0.25) is 4.99 Å². The van der Waals surface area contributed by atoms with Crippen LogP contribution >= 0.6 is 0 Å². The van der Waals surface area contributed by atoms with Gasteiger partial charge in [0.25, 0.3) is 0 Å². The molecule has 0 heterocycles. The summed E-state index contributed by atoms with van der Waals surface area (Å²) < 4.78 is 0. The minimum atomic E-state index is -1.16. The first-order valence-electron chi connectivity index (χ1n) is 4.83. The van der Waals surface area contributed by atoms with Gasteiger partial charge in [0, 0.05) is 6.04 Å². The Kier molecular flexibility index (Phi) is 4.18. The second-order valence-corrected chi connectivity index (χ2v) is 10.0. The lowest BCUT2D eigenvalue weighted by molar-refractivity contribution is 0.804. The molecule has 0 radical (unpaired) electrons. The fourth-order valence-corrected chi connectivity index (χ4v) is 3.86. The molecule has 0 atom stereocenters. The minimum absolute atomic E-state index is 0.453. The number of aliphatic imine (C=N–C) groups is 1. The largest absolute Gasteiger partial charge is 0.296 e. The summed E-state index contributed by atoms with van der Waals surface area (Å²) in [6, 6.07) is 0.453. The SMILES string of the molecule is CC(C)N=C(C(C)C)[Si](C)(C)C. The Morgan fingerprint density at radius 2 is 1.42 bits per heavy atom. The summed E-state index contributed by atoms with van der Waals surface area (Å²) in [4.78, 5) is 4.73. The molecular formula is C10H23NSi. The van der Waals surface area contributed by atoms with E-state index in [1.807, 2.05) is 0 Å². The lowest BCUT2D eigenvalue weighted by Gasteiger charge is -2.23. The van der Waals surface area contributed by atoms with E-state index >= 15 is 0 Å². The third-order valence-electron chi connectivity index (χ3n) is 1.71. The van der Waals surface area contributed by atoms with Crippen LogP contribution in [0, 0.1) is 5.92 Å². The highest BCUT2D eigenvalue weighted by molar-refractivity contribution is 7.04. The molecule has 72 valence electrons. The summed E-state index contributed by atoms with van der Waals surface area (Å²) in [6.07, 6.45) is 0. The molecule has 0 aromatic heterocycles. The van der Waals surface area contributed by atoms with E-state index in [0.717, 1.165) is 0 Å². The average Bonchev–Trinajstić information content (AvgIpc) is 1.79. The number of rotatable bonds is 3. The maximum Gasteiger partial charge on any atom is 0.0956 e. The molecule has 0 aliphatic rings. The molecule has 2 heteroatoms. The molecule has 0 fully saturated rings. The van der Waals surface area contributed by atoms with E-state index in [1.165, 1.54) is 5.33 Å². The fourth-order valence-electron chi connectivity index (χ4n) is 1.49. The Balaban J connectivity index is 4.68. The smallest absolute Gasteiger partial charge is 0.0956 e. The Morgan fingerprint density at radius 1 is 1.00 bits per heavy atom. The van der Waals surface area contributed by atoms with E-state index in [1.54, 1.807) is 0 Å². The number of nitrogens with zero attached hydrogens (tertiary/aromatic N) is 1. The van der Waals surface area contributed by atoms with Gasteiger partial charge in [0.15, 0.2) is 0 Å². The third kappa shape index (κ3) is 4.05. The van der Waals surface area contributed by atoms with E-state index < -0.39 is 8.07 Å². The van der Waals surface area contributed by atoms with Crippen molar-refractivity contribution in [1.82, 2.24) is 0 Å². The van der Waals surface area contributed by atoms with E-state index in [0.29, 0.717) is 12.0 Å². The lowest BCUT2D eigenvalue weighted by atomic mass is 10.2. The molecule has 0 saturated carbocycles. The van der Waals surface area contributed by atoms with Crippen molar-refractivity contribution in [3.63, 3.8) is 0 Å². The Hall–Kier alpha value is -0.113. The molecule has 0 aromatic carbocycles. The fraction of sp³-hybridized carbons (Fsp3) is 0.900. The van der Waals surface area contributed by atoms with Crippen LogP contribution in [-0.4, -0.2) is 19.5 Å². The highest BCUT2D eigenvalue weighted by Crippen LogP contribution is 2.13. The summed E-state index contributed by atoms with van der Waals surface area (Å²) in [5.41, 5.74) is 0. The van der Waals surface area contributed by atoms with Gasteiger partial charge in [-0.05, 0) is 25.1 Å². The molecule has 1 nitrogen and oxygen atoms in total. The van der Waals surface area contributed by atoms with Crippen molar-refractivity contribution in [1.29, 1.82) is 0 Å². The molecule has 12 heavy (non-hydrogen) atoms. The van der Waals surface area contributed by atoms with Crippen molar-refractivity contribution in [2.45, 2.75) is 53.4 Å². The Morgan fingerprint density at radius 3 is 1.50 bits per heavy atom. The van der Waals surface area contributed by atoms with Gasteiger partial charge in [0.1, 0.15) is 0 Å². The standard InChI is InChI=1S/C10H23NSi/c1-8(2)10(11-9(3)4)12(5,6)7/h8-9H,1-7H3. The van der Waals surface area contributed by atoms with E-state index in [-0.39, 0.29) is 0 Å². The molecule has 0 bridgehead atoms. The van der Waals surface area contributed by atoms with Crippen LogP contribution in [0.4, 0.5) is 0 Å². The van der Waals surface area contributed by atoms with Crippen LogP contribution in [0.3, 0.4) is 0 Å². The van der Waals surface area contributed by atoms with Crippen molar-refractivity contribution < 1.29 is 0 Å². The highest BCUT2D eigenvalue weighted by Gasteiger charge is 2.23. The highest BCUT2D eigenvalue weighted by atomic mass is 28.3. The van der Waals surface area contributed by atoms with Gasteiger partial charge in [-0.2, -0.15) is 0 Å². The summed E-state index contributed by atoms with van der Waals surface area (Å²) >= 11 is 0. The molecule has 0 spiro atoms. The van der Waals surface area contributed by atoms with Crippen molar-refractivity contribution in [3.05, 3.63) is 0 Å². The zero-order chi connectivity index (χ0) is 9.94. The summed E-state index contributed by atoms with van der Waals surface area (Å²) in [5, 5.41) is 1.47. The predicted molar refractivity (Wildman–Crippen MR) is 60.8 cm³/mol. The second kappa shape index (κ2) is 4.22. The molecule has 0 unspecified atom stereocenters. The van der Waals surface area contributed by atoms with Gasteiger partial charge >= 0.3 is 0 Å². The molecule has 0 rings (SSSR count). The van der Waals surface area contributed by atoms with Gasteiger partial charge in [-0.25, -0.2) is 0 Å². The van der Waals surface area contributed by atoms with Gasteiger partial charge in [0.2, 0.25) is 0 Å². The van der Waals surface area contributed by atoms with Crippen LogP contribution in [0.2, 0.25) is 19.6 Å². The minimum Gasteiger partial charge on any atom is -0.296 e. The zero-order valence-corrected chi connectivity index (χ0v) is 10.6. The van der Waals surface area contributed by atoms with Crippen molar-refractivity contribution in [2.75, 3.05) is 0 Å². The predicted octanol–water partition coefficient (Wildman–Crippen LogP) is 3.37. The van der Waals surface area contributed by atoms with Crippen LogP contribution < -0.4 is 0 Å². The van der Waals surface area contributed by atoms with E-state index in [2.05, 4.69) is 47.3 Å². The quantitative estimate of drug-likeness (QED) is 0.472. The molecule has 0 aromatic rings. The van der Waals surface area contributed by atoms with Crippen molar-refractivity contribution in [2.24, 2.45) is 10.9 Å². The third-order valence-corrected chi connectivity index (χ3v) is 3.96. The first kappa shape index (κ1) is 11.9. The van der Waals surface area contributed by atoms with Crippen LogP contribution in [0.25, 0.3) is 0 Å². The Bertz CT molecular complexity index is 163. The van der Waals surface area contributed by atoms with Gasteiger partial charge in [0.05, 0.1) is 8.07 Å². The van der Waals surface area contributed by atoms with Crippen LogP contribution in [-0.2, 0) is 0 Å². The first-order valence-corrected chi connectivity index (χ1v) is 8.33. The zero-order valence-electron chi connectivity index (χ0n) is 9.60. The molecular weight excluding hydrogens is 162 g/mol. The van der Waals surface area contributed by atoms with E-state index in [9.17, 15) is 0 Å². The molecule has 0 N–H and O–H groups in total. The molecule has 0 saturated heterocycles. The number of hydrogen-bond acceptors (Lipinski definition) is 1. The van der Waals surface area contributed by atoms with Crippen LogP contribution in [0.15, 0.2) is 4.99 Å². The summed E-state index contributed by atoms with van der Waals surface area (Å²) in [6.45, 7) is 15.9.